The molecule has 1 nitrogen and oxygen atoms in total. The Morgan fingerprint density at radius 2 is 2.12 bits per heavy atom. The summed E-state index contributed by atoms with van der Waals surface area (Å²) < 4.78 is 13.7. The first-order valence-corrected chi connectivity index (χ1v) is 6.28. The van der Waals surface area contributed by atoms with E-state index < -0.39 is 0 Å². The molecule has 16 heavy (non-hydrogen) atoms. The monoisotopic (exact) mass is 286 g/mol. The molecule has 0 fully saturated rings. The van der Waals surface area contributed by atoms with Crippen LogP contribution in [0.3, 0.4) is 0 Å². The van der Waals surface area contributed by atoms with Crippen molar-refractivity contribution in [2.45, 2.75) is 33.1 Å². The summed E-state index contributed by atoms with van der Waals surface area (Å²) in [4.78, 5) is 11.8. The summed E-state index contributed by atoms with van der Waals surface area (Å²) in [6.07, 6.45) is 2.37. The van der Waals surface area contributed by atoms with E-state index in [9.17, 15) is 9.18 Å². The van der Waals surface area contributed by atoms with Crippen LogP contribution >= 0.6 is 15.9 Å². The van der Waals surface area contributed by atoms with Crippen LogP contribution < -0.4 is 0 Å². The SMILES string of the molecule is CC(C)CCCC(=O)c1cc(F)ccc1Br. The van der Waals surface area contributed by atoms with Crippen LogP contribution in [0.5, 0.6) is 0 Å². The molecule has 0 aliphatic carbocycles. The number of benzene rings is 1. The molecule has 0 unspecified atom stereocenters. The second-order valence-corrected chi connectivity index (χ2v) is 5.19. The van der Waals surface area contributed by atoms with Gasteiger partial charge in [-0.05, 0) is 30.5 Å². The first-order chi connectivity index (χ1) is 7.50. The smallest absolute Gasteiger partial charge is 0.164 e. The van der Waals surface area contributed by atoms with Gasteiger partial charge in [0.1, 0.15) is 5.82 Å². The second kappa shape index (κ2) is 6.14. The first kappa shape index (κ1) is 13.4. The fraction of sp³-hybridized carbons (Fsp3) is 0.462. The third-order valence-corrected chi connectivity index (χ3v) is 3.11. The molecule has 0 saturated heterocycles. The number of rotatable bonds is 5. The molecular formula is C13H16BrFO. The van der Waals surface area contributed by atoms with E-state index in [-0.39, 0.29) is 11.6 Å². The number of carbonyl (C=O) groups excluding carboxylic acids is 1. The van der Waals surface area contributed by atoms with Crippen LogP contribution in [0.1, 0.15) is 43.5 Å². The Kier molecular flexibility index (Phi) is 5.13. The lowest BCUT2D eigenvalue weighted by molar-refractivity contribution is 0.0977. The highest BCUT2D eigenvalue weighted by Gasteiger charge is 2.11. The number of Topliss-reactive ketones (excluding diaryl/α,β-unsaturated/α-hetero) is 1. The van der Waals surface area contributed by atoms with Gasteiger partial charge >= 0.3 is 0 Å². The van der Waals surface area contributed by atoms with Gasteiger partial charge in [0.25, 0.3) is 0 Å². The van der Waals surface area contributed by atoms with Crippen molar-refractivity contribution in [3.8, 4) is 0 Å². The Hall–Kier alpha value is -0.700. The molecule has 0 aliphatic heterocycles. The van der Waals surface area contributed by atoms with E-state index in [1.54, 1.807) is 6.07 Å². The zero-order chi connectivity index (χ0) is 12.1. The second-order valence-electron chi connectivity index (χ2n) is 4.33. The maximum Gasteiger partial charge on any atom is 0.164 e. The van der Waals surface area contributed by atoms with E-state index in [0.29, 0.717) is 22.4 Å². The van der Waals surface area contributed by atoms with Crippen LogP contribution in [0.25, 0.3) is 0 Å². The molecular weight excluding hydrogens is 271 g/mol. The zero-order valence-electron chi connectivity index (χ0n) is 9.59. The maximum absolute atomic E-state index is 13.0. The Labute approximate surface area is 104 Å². The highest BCUT2D eigenvalue weighted by Crippen LogP contribution is 2.20. The summed E-state index contributed by atoms with van der Waals surface area (Å²) in [5.41, 5.74) is 0.448. The van der Waals surface area contributed by atoms with Gasteiger partial charge in [0, 0.05) is 16.5 Å². The minimum Gasteiger partial charge on any atom is -0.294 e. The summed E-state index contributed by atoms with van der Waals surface area (Å²) in [6.45, 7) is 4.26. The van der Waals surface area contributed by atoms with Crippen LogP contribution in [0.15, 0.2) is 22.7 Å². The van der Waals surface area contributed by atoms with E-state index >= 15 is 0 Å². The lowest BCUT2D eigenvalue weighted by Gasteiger charge is -2.05. The quantitative estimate of drug-likeness (QED) is 0.723. The van der Waals surface area contributed by atoms with Crippen molar-refractivity contribution in [3.63, 3.8) is 0 Å². The Balaban J connectivity index is 2.62. The van der Waals surface area contributed by atoms with Gasteiger partial charge in [0.15, 0.2) is 5.78 Å². The van der Waals surface area contributed by atoms with E-state index in [2.05, 4.69) is 29.8 Å². The number of ketones is 1. The molecule has 0 radical (unpaired) electrons. The molecule has 1 rings (SSSR count). The van der Waals surface area contributed by atoms with Crippen LogP contribution in [-0.2, 0) is 0 Å². The molecule has 1 aromatic carbocycles. The summed E-state index contributed by atoms with van der Waals surface area (Å²) in [5, 5.41) is 0. The fourth-order valence-corrected chi connectivity index (χ4v) is 1.98. The van der Waals surface area contributed by atoms with Crippen molar-refractivity contribution in [2.75, 3.05) is 0 Å². The van der Waals surface area contributed by atoms with E-state index in [1.165, 1.54) is 12.1 Å². The molecule has 0 aromatic heterocycles. The van der Waals surface area contributed by atoms with Crippen molar-refractivity contribution in [3.05, 3.63) is 34.1 Å². The van der Waals surface area contributed by atoms with Gasteiger partial charge in [-0.15, -0.1) is 0 Å². The molecule has 0 N–H and O–H groups in total. The zero-order valence-corrected chi connectivity index (χ0v) is 11.2. The van der Waals surface area contributed by atoms with Gasteiger partial charge in [-0.3, -0.25) is 4.79 Å². The van der Waals surface area contributed by atoms with Crippen molar-refractivity contribution >= 4 is 21.7 Å². The third kappa shape index (κ3) is 4.05. The van der Waals surface area contributed by atoms with Crippen molar-refractivity contribution in [2.24, 2.45) is 5.92 Å². The molecule has 0 amide bonds. The van der Waals surface area contributed by atoms with Gasteiger partial charge < -0.3 is 0 Å². The van der Waals surface area contributed by atoms with Crippen LogP contribution in [-0.4, -0.2) is 5.78 Å². The predicted molar refractivity (Wildman–Crippen MR) is 67.1 cm³/mol. The lowest BCUT2D eigenvalue weighted by atomic mass is 10.0. The molecule has 1 aromatic rings. The minimum absolute atomic E-state index is 0.00650. The Morgan fingerprint density at radius 1 is 1.44 bits per heavy atom. The highest BCUT2D eigenvalue weighted by atomic mass is 79.9. The van der Waals surface area contributed by atoms with Crippen LogP contribution in [0, 0.1) is 11.7 Å². The standard InChI is InChI=1S/C13H16BrFO/c1-9(2)4-3-5-13(16)11-8-10(15)6-7-12(11)14/h6-9H,3-5H2,1-2H3. The van der Waals surface area contributed by atoms with Crippen LogP contribution in [0.4, 0.5) is 4.39 Å². The van der Waals surface area contributed by atoms with Gasteiger partial charge in [-0.2, -0.15) is 0 Å². The Bertz CT molecular complexity index is 374. The average molecular weight is 287 g/mol. The van der Waals surface area contributed by atoms with E-state index in [0.717, 1.165) is 12.8 Å². The fourth-order valence-electron chi connectivity index (χ4n) is 1.52. The normalized spacial score (nSPS) is 10.8. The molecule has 0 atom stereocenters. The van der Waals surface area contributed by atoms with E-state index in [1.807, 2.05) is 0 Å². The lowest BCUT2D eigenvalue weighted by Crippen LogP contribution is -2.02. The largest absolute Gasteiger partial charge is 0.294 e. The summed E-state index contributed by atoms with van der Waals surface area (Å²) in [7, 11) is 0. The van der Waals surface area contributed by atoms with Crippen molar-refractivity contribution in [1.82, 2.24) is 0 Å². The van der Waals surface area contributed by atoms with Gasteiger partial charge in [0.2, 0.25) is 0 Å². The molecule has 0 bridgehead atoms. The Morgan fingerprint density at radius 3 is 2.75 bits per heavy atom. The number of hydrogen-bond donors (Lipinski definition) is 0. The summed E-state index contributed by atoms with van der Waals surface area (Å²) in [5.74, 6) is 0.242. The van der Waals surface area contributed by atoms with E-state index in [4.69, 9.17) is 0 Å². The number of halogens is 2. The maximum atomic E-state index is 13.0. The van der Waals surface area contributed by atoms with Crippen molar-refractivity contribution < 1.29 is 9.18 Å². The molecule has 3 heteroatoms. The summed E-state index contributed by atoms with van der Waals surface area (Å²) >= 11 is 3.26. The van der Waals surface area contributed by atoms with Gasteiger partial charge in [-0.1, -0.05) is 36.2 Å². The molecule has 88 valence electrons. The molecule has 0 aliphatic rings. The number of hydrogen-bond acceptors (Lipinski definition) is 1. The van der Waals surface area contributed by atoms with Gasteiger partial charge in [-0.25, -0.2) is 4.39 Å². The molecule has 0 spiro atoms. The number of carbonyl (C=O) groups is 1. The minimum atomic E-state index is -0.365. The first-order valence-electron chi connectivity index (χ1n) is 5.49. The topological polar surface area (TPSA) is 17.1 Å². The average Bonchev–Trinajstić information content (AvgIpc) is 2.21. The third-order valence-electron chi connectivity index (χ3n) is 2.41. The van der Waals surface area contributed by atoms with Gasteiger partial charge in [0.05, 0.1) is 0 Å². The molecule has 0 heterocycles. The summed E-state index contributed by atoms with van der Waals surface area (Å²) in [6, 6.07) is 4.21. The van der Waals surface area contributed by atoms with Crippen LogP contribution in [0.2, 0.25) is 0 Å². The predicted octanol–water partition coefficient (Wildman–Crippen LogP) is 4.60. The van der Waals surface area contributed by atoms with Crippen molar-refractivity contribution in [1.29, 1.82) is 0 Å². The highest BCUT2D eigenvalue weighted by molar-refractivity contribution is 9.10. The molecule has 0 saturated carbocycles.